The fourth-order valence-electron chi connectivity index (χ4n) is 1.89. The Balaban J connectivity index is 2.90. The van der Waals surface area contributed by atoms with Crippen molar-refractivity contribution in [3.8, 4) is 5.75 Å². The third-order valence-corrected chi connectivity index (χ3v) is 3.19. The van der Waals surface area contributed by atoms with Crippen LogP contribution in [0.15, 0.2) is 22.8 Å². The Labute approximate surface area is 96.9 Å². The van der Waals surface area contributed by atoms with Crippen molar-refractivity contribution >= 4 is 26.8 Å². The summed E-state index contributed by atoms with van der Waals surface area (Å²) in [5.41, 5.74) is 7.94. The number of hydrogen-bond donors (Lipinski definition) is 1. The van der Waals surface area contributed by atoms with E-state index in [4.69, 9.17) is 10.5 Å². The van der Waals surface area contributed by atoms with Gasteiger partial charge < -0.3 is 15.0 Å². The van der Waals surface area contributed by atoms with Gasteiger partial charge in [-0.25, -0.2) is 0 Å². The van der Waals surface area contributed by atoms with Crippen molar-refractivity contribution < 1.29 is 4.74 Å². The van der Waals surface area contributed by atoms with Gasteiger partial charge in [0.05, 0.1) is 12.6 Å². The van der Waals surface area contributed by atoms with Gasteiger partial charge in [-0.05, 0) is 33.6 Å². The molecule has 0 unspecified atom stereocenters. The molecule has 15 heavy (non-hydrogen) atoms. The molecule has 3 nitrogen and oxygen atoms in total. The largest absolute Gasteiger partial charge is 0.496 e. The van der Waals surface area contributed by atoms with E-state index < -0.39 is 0 Å². The van der Waals surface area contributed by atoms with Crippen LogP contribution in [0, 0.1) is 0 Å². The van der Waals surface area contributed by atoms with Gasteiger partial charge in [0, 0.05) is 29.6 Å². The number of methoxy groups -OCH3 is 1. The Morgan fingerprint density at radius 3 is 2.80 bits per heavy atom. The second-order valence-electron chi connectivity index (χ2n) is 3.44. The molecule has 0 spiro atoms. The zero-order valence-corrected chi connectivity index (χ0v) is 10.3. The SMILES string of the molecule is COc1ccc(Br)c2c1c(CN)cn2C. The number of rotatable bonds is 2. The molecule has 80 valence electrons. The lowest BCUT2D eigenvalue weighted by molar-refractivity contribution is 0.419. The third kappa shape index (κ3) is 1.54. The zero-order valence-electron chi connectivity index (χ0n) is 8.75. The third-order valence-electron chi connectivity index (χ3n) is 2.55. The lowest BCUT2D eigenvalue weighted by Crippen LogP contribution is -1.95. The number of hydrogen-bond acceptors (Lipinski definition) is 2. The molecule has 0 aliphatic heterocycles. The number of aryl methyl sites for hydroxylation is 1. The normalized spacial score (nSPS) is 10.9. The van der Waals surface area contributed by atoms with Crippen molar-refractivity contribution in [3.05, 3.63) is 28.4 Å². The van der Waals surface area contributed by atoms with Gasteiger partial charge in [-0.15, -0.1) is 0 Å². The molecule has 0 saturated carbocycles. The zero-order chi connectivity index (χ0) is 11.0. The van der Waals surface area contributed by atoms with E-state index in [1.807, 2.05) is 25.4 Å². The van der Waals surface area contributed by atoms with Crippen molar-refractivity contribution in [1.82, 2.24) is 4.57 Å². The van der Waals surface area contributed by atoms with Crippen molar-refractivity contribution in [1.29, 1.82) is 0 Å². The van der Waals surface area contributed by atoms with Crippen molar-refractivity contribution in [2.75, 3.05) is 7.11 Å². The van der Waals surface area contributed by atoms with E-state index in [1.165, 1.54) is 0 Å². The van der Waals surface area contributed by atoms with Crippen molar-refractivity contribution in [2.45, 2.75) is 6.54 Å². The Morgan fingerprint density at radius 2 is 2.20 bits per heavy atom. The van der Waals surface area contributed by atoms with Crippen LogP contribution in [-0.2, 0) is 13.6 Å². The first-order valence-electron chi connectivity index (χ1n) is 4.69. The van der Waals surface area contributed by atoms with E-state index in [0.29, 0.717) is 6.54 Å². The van der Waals surface area contributed by atoms with Crippen LogP contribution in [0.2, 0.25) is 0 Å². The number of nitrogens with two attached hydrogens (primary N) is 1. The number of nitrogens with zero attached hydrogens (tertiary/aromatic N) is 1. The van der Waals surface area contributed by atoms with E-state index in [1.54, 1.807) is 7.11 Å². The molecule has 0 amide bonds. The van der Waals surface area contributed by atoms with Gasteiger partial charge in [-0.1, -0.05) is 0 Å². The minimum Gasteiger partial charge on any atom is -0.496 e. The summed E-state index contributed by atoms with van der Waals surface area (Å²) in [6.45, 7) is 0.518. The van der Waals surface area contributed by atoms with Gasteiger partial charge in [0.15, 0.2) is 0 Å². The summed E-state index contributed by atoms with van der Waals surface area (Å²) in [5.74, 6) is 0.870. The summed E-state index contributed by atoms with van der Waals surface area (Å²) in [5, 5.41) is 1.09. The maximum absolute atomic E-state index is 5.72. The standard InChI is InChI=1S/C11H13BrN2O/c1-14-6-7(5-13)10-9(15-2)4-3-8(12)11(10)14/h3-4,6H,5,13H2,1-2H3. The molecule has 0 bridgehead atoms. The minimum atomic E-state index is 0.518. The average Bonchev–Trinajstić information content (AvgIpc) is 2.58. The highest BCUT2D eigenvalue weighted by Gasteiger charge is 2.12. The molecule has 0 saturated heterocycles. The maximum Gasteiger partial charge on any atom is 0.128 e. The van der Waals surface area contributed by atoms with E-state index >= 15 is 0 Å². The number of ether oxygens (including phenoxy) is 1. The van der Waals surface area contributed by atoms with Crippen LogP contribution < -0.4 is 10.5 Å². The van der Waals surface area contributed by atoms with E-state index in [0.717, 1.165) is 26.7 Å². The first-order chi connectivity index (χ1) is 7.19. The highest BCUT2D eigenvalue weighted by molar-refractivity contribution is 9.10. The van der Waals surface area contributed by atoms with Crippen LogP contribution in [0.3, 0.4) is 0 Å². The van der Waals surface area contributed by atoms with Crippen molar-refractivity contribution in [3.63, 3.8) is 0 Å². The molecule has 0 fully saturated rings. The highest BCUT2D eigenvalue weighted by atomic mass is 79.9. The van der Waals surface area contributed by atoms with Crippen LogP contribution in [0.25, 0.3) is 10.9 Å². The van der Waals surface area contributed by atoms with Gasteiger partial charge in [0.1, 0.15) is 5.75 Å². The number of fused-ring (bicyclic) bond motifs is 1. The Morgan fingerprint density at radius 1 is 1.47 bits per heavy atom. The quantitative estimate of drug-likeness (QED) is 0.909. The first-order valence-corrected chi connectivity index (χ1v) is 5.48. The van der Waals surface area contributed by atoms with E-state index in [2.05, 4.69) is 20.5 Å². The van der Waals surface area contributed by atoms with Crippen LogP contribution >= 0.6 is 15.9 Å². The fourth-order valence-corrected chi connectivity index (χ4v) is 2.50. The molecule has 1 heterocycles. The summed E-state index contributed by atoms with van der Waals surface area (Å²) in [4.78, 5) is 0. The maximum atomic E-state index is 5.72. The predicted octanol–water partition coefficient (Wildman–Crippen LogP) is 2.41. The number of benzene rings is 1. The molecule has 0 atom stereocenters. The van der Waals surface area contributed by atoms with Gasteiger partial charge >= 0.3 is 0 Å². The lowest BCUT2D eigenvalue weighted by atomic mass is 10.1. The molecule has 2 N–H and O–H groups in total. The smallest absolute Gasteiger partial charge is 0.128 e. The van der Waals surface area contributed by atoms with Gasteiger partial charge in [-0.3, -0.25) is 0 Å². The molecule has 0 aliphatic carbocycles. The Bertz CT molecular complexity index is 505. The number of aromatic nitrogens is 1. The molecule has 0 radical (unpaired) electrons. The second-order valence-corrected chi connectivity index (χ2v) is 4.30. The van der Waals surface area contributed by atoms with Gasteiger partial charge in [0.25, 0.3) is 0 Å². The Hall–Kier alpha value is -1.00. The van der Waals surface area contributed by atoms with E-state index in [-0.39, 0.29) is 0 Å². The molecule has 1 aromatic carbocycles. The second kappa shape index (κ2) is 3.87. The molecular weight excluding hydrogens is 256 g/mol. The van der Waals surface area contributed by atoms with E-state index in [9.17, 15) is 0 Å². The molecule has 2 rings (SSSR count). The van der Waals surface area contributed by atoms with Crippen LogP contribution in [-0.4, -0.2) is 11.7 Å². The predicted molar refractivity (Wildman–Crippen MR) is 65.1 cm³/mol. The summed E-state index contributed by atoms with van der Waals surface area (Å²) >= 11 is 3.54. The molecule has 2 aromatic rings. The number of halogens is 1. The molecule has 4 heteroatoms. The van der Waals surface area contributed by atoms with Crippen LogP contribution in [0.1, 0.15) is 5.56 Å². The van der Waals surface area contributed by atoms with Crippen LogP contribution in [0.4, 0.5) is 0 Å². The van der Waals surface area contributed by atoms with Crippen molar-refractivity contribution in [2.24, 2.45) is 12.8 Å². The Kier molecular flexibility index (Phi) is 2.71. The summed E-state index contributed by atoms with van der Waals surface area (Å²) in [7, 11) is 3.68. The highest BCUT2D eigenvalue weighted by Crippen LogP contribution is 2.34. The van der Waals surface area contributed by atoms with Crippen LogP contribution in [0.5, 0.6) is 5.75 Å². The first kappa shape index (κ1) is 10.5. The summed E-state index contributed by atoms with van der Waals surface area (Å²) in [6.07, 6.45) is 2.04. The van der Waals surface area contributed by atoms with Gasteiger partial charge in [0.2, 0.25) is 0 Å². The molecular formula is C11H13BrN2O. The molecule has 0 aliphatic rings. The lowest BCUT2D eigenvalue weighted by Gasteiger charge is -2.05. The monoisotopic (exact) mass is 268 g/mol. The fraction of sp³-hybridized carbons (Fsp3) is 0.273. The summed E-state index contributed by atoms with van der Waals surface area (Å²) < 4.78 is 8.46. The average molecular weight is 269 g/mol. The molecule has 1 aromatic heterocycles. The minimum absolute atomic E-state index is 0.518. The topological polar surface area (TPSA) is 40.2 Å². The summed E-state index contributed by atoms with van der Waals surface area (Å²) in [6, 6.07) is 3.94. The van der Waals surface area contributed by atoms with Gasteiger partial charge in [-0.2, -0.15) is 0 Å².